The second-order valence-electron chi connectivity index (χ2n) is 5.98. The number of aryl methyl sites for hydroxylation is 1. The number of nitrogens with zero attached hydrogens (tertiary/aromatic N) is 1. The van der Waals surface area contributed by atoms with Crippen molar-refractivity contribution < 1.29 is 21.6 Å². The van der Waals surface area contributed by atoms with Gasteiger partial charge in [0.2, 0.25) is 26.0 Å². The van der Waals surface area contributed by atoms with E-state index in [4.69, 9.17) is 0 Å². The van der Waals surface area contributed by atoms with Gasteiger partial charge in [-0.2, -0.15) is 0 Å². The molecule has 0 saturated carbocycles. The van der Waals surface area contributed by atoms with E-state index < -0.39 is 26.0 Å². The summed E-state index contributed by atoms with van der Waals surface area (Å²) in [6.45, 7) is 1.72. The van der Waals surface area contributed by atoms with Crippen LogP contribution in [0.15, 0.2) is 53.4 Å². The summed E-state index contributed by atoms with van der Waals surface area (Å²) in [5, 5.41) is 0. The number of hydrogen-bond donors (Lipinski definition) is 1. The number of hydrogen-bond acceptors (Lipinski definition) is 5. The third-order valence-corrected chi connectivity index (χ3v) is 7.32. The third kappa shape index (κ3) is 3.64. The summed E-state index contributed by atoms with van der Waals surface area (Å²) < 4.78 is 52.7. The molecule has 1 fully saturated rings. The largest absolute Gasteiger partial charge is 0.273 e. The maximum atomic E-state index is 12.7. The van der Waals surface area contributed by atoms with E-state index in [1.54, 1.807) is 31.2 Å². The molecule has 0 aromatic heterocycles. The highest BCUT2D eigenvalue weighted by Gasteiger charge is 2.36. The van der Waals surface area contributed by atoms with Crippen LogP contribution in [0.2, 0.25) is 0 Å². The summed E-state index contributed by atoms with van der Waals surface area (Å²) in [6, 6.07) is 13.2. The van der Waals surface area contributed by atoms with Gasteiger partial charge >= 0.3 is 0 Å². The van der Waals surface area contributed by atoms with Crippen molar-refractivity contribution in [3.8, 4) is 0 Å². The molecule has 1 amide bonds. The van der Waals surface area contributed by atoms with E-state index in [0.717, 1.165) is 5.56 Å². The molecule has 1 N–H and O–H groups in total. The van der Waals surface area contributed by atoms with Gasteiger partial charge in [-0.1, -0.05) is 36.4 Å². The highest BCUT2D eigenvalue weighted by Crippen LogP contribution is 2.29. The number of anilines is 1. The number of benzene rings is 2. The first kappa shape index (κ1) is 18.6. The lowest BCUT2D eigenvalue weighted by atomic mass is 10.2. The van der Waals surface area contributed by atoms with Gasteiger partial charge < -0.3 is 0 Å². The minimum absolute atomic E-state index is 0.0400. The summed E-state index contributed by atoms with van der Waals surface area (Å²) in [4.78, 5) is 11.9. The quantitative estimate of drug-likeness (QED) is 0.829. The van der Waals surface area contributed by atoms with Crippen LogP contribution in [0.25, 0.3) is 0 Å². The number of nitrogens with one attached hydrogen (secondary N) is 1. The van der Waals surface area contributed by atoms with E-state index >= 15 is 0 Å². The van der Waals surface area contributed by atoms with Crippen molar-refractivity contribution in [2.75, 3.05) is 10.1 Å². The Balaban J connectivity index is 1.93. The van der Waals surface area contributed by atoms with Gasteiger partial charge in [0.25, 0.3) is 0 Å². The first-order chi connectivity index (χ1) is 12.2. The van der Waals surface area contributed by atoms with Gasteiger partial charge in [-0.3, -0.25) is 4.79 Å². The fourth-order valence-electron chi connectivity index (χ4n) is 2.73. The third-order valence-electron chi connectivity index (χ3n) is 4.08. The van der Waals surface area contributed by atoms with Crippen molar-refractivity contribution >= 4 is 31.6 Å². The molecule has 9 heteroatoms. The maximum Gasteiger partial charge on any atom is 0.242 e. The molecule has 138 valence electrons. The number of carbonyl (C=O) groups is 1. The molecule has 3 rings (SSSR count). The SMILES string of the molecule is Cc1ccc(N2C(=O)CCS2(=O)=O)cc1S(=O)(=O)NCc1ccccc1. The van der Waals surface area contributed by atoms with Crippen LogP contribution in [0.5, 0.6) is 0 Å². The average Bonchev–Trinajstić information content (AvgIpc) is 2.88. The molecule has 2 aromatic rings. The van der Waals surface area contributed by atoms with Crippen molar-refractivity contribution in [2.24, 2.45) is 0 Å². The normalized spacial score (nSPS) is 16.8. The molecular weight excluding hydrogens is 376 g/mol. The zero-order valence-corrected chi connectivity index (χ0v) is 15.7. The summed E-state index contributed by atoms with van der Waals surface area (Å²) in [5.74, 6) is -0.830. The molecule has 2 aromatic carbocycles. The van der Waals surface area contributed by atoms with Crippen LogP contribution in [-0.2, 0) is 31.4 Å². The molecular formula is C17H18N2O5S2. The van der Waals surface area contributed by atoms with Gasteiger partial charge in [-0.25, -0.2) is 25.9 Å². The Morgan fingerprint density at radius 2 is 1.81 bits per heavy atom. The van der Waals surface area contributed by atoms with Crippen molar-refractivity contribution in [1.29, 1.82) is 0 Å². The first-order valence-corrected chi connectivity index (χ1v) is 11.0. The molecule has 26 heavy (non-hydrogen) atoms. The number of amides is 1. The predicted molar refractivity (Wildman–Crippen MR) is 97.5 cm³/mol. The van der Waals surface area contributed by atoms with Crippen LogP contribution in [-0.4, -0.2) is 28.5 Å². The lowest BCUT2D eigenvalue weighted by molar-refractivity contribution is -0.116. The summed E-state index contributed by atoms with van der Waals surface area (Å²) >= 11 is 0. The van der Waals surface area contributed by atoms with E-state index in [9.17, 15) is 21.6 Å². The van der Waals surface area contributed by atoms with Gasteiger partial charge in [0.1, 0.15) is 0 Å². The predicted octanol–water partition coefficient (Wildman–Crippen LogP) is 1.54. The van der Waals surface area contributed by atoms with Gasteiger partial charge in [0.15, 0.2) is 0 Å². The van der Waals surface area contributed by atoms with Crippen molar-refractivity contribution in [3.63, 3.8) is 0 Å². The highest BCUT2D eigenvalue weighted by molar-refractivity contribution is 7.94. The van der Waals surface area contributed by atoms with Crippen LogP contribution in [0, 0.1) is 6.92 Å². The van der Waals surface area contributed by atoms with Gasteiger partial charge in [-0.05, 0) is 30.2 Å². The smallest absolute Gasteiger partial charge is 0.242 e. The lowest BCUT2D eigenvalue weighted by Crippen LogP contribution is -2.30. The van der Waals surface area contributed by atoms with Crippen LogP contribution < -0.4 is 9.03 Å². The van der Waals surface area contributed by atoms with E-state index in [1.807, 2.05) is 6.07 Å². The minimum atomic E-state index is -3.88. The highest BCUT2D eigenvalue weighted by atomic mass is 32.2. The monoisotopic (exact) mass is 394 g/mol. The van der Waals surface area contributed by atoms with Crippen LogP contribution in [0.3, 0.4) is 0 Å². The minimum Gasteiger partial charge on any atom is -0.273 e. The standard InChI is InChI=1S/C17H18N2O5S2/c1-13-7-8-15(19-17(20)9-10-25(19,21)22)11-16(13)26(23,24)18-12-14-5-3-2-4-6-14/h2-8,11,18H,9-10,12H2,1H3. The van der Waals surface area contributed by atoms with E-state index in [2.05, 4.69) is 4.72 Å². The number of sulfonamides is 2. The second-order valence-corrected chi connectivity index (χ2v) is 9.66. The molecule has 0 aliphatic carbocycles. The Kier molecular flexibility index (Phi) is 4.87. The molecule has 0 unspecified atom stereocenters. The Bertz CT molecular complexity index is 1050. The maximum absolute atomic E-state index is 12.7. The molecule has 0 radical (unpaired) electrons. The zero-order chi connectivity index (χ0) is 18.9. The lowest BCUT2D eigenvalue weighted by Gasteiger charge is -2.17. The molecule has 1 heterocycles. The summed E-state index contributed by atoms with van der Waals surface area (Å²) in [7, 11) is -7.63. The zero-order valence-electron chi connectivity index (χ0n) is 14.0. The van der Waals surface area contributed by atoms with E-state index in [-0.39, 0.29) is 29.3 Å². The van der Waals surface area contributed by atoms with Crippen LogP contribution in [0.4, 0.5) is 5.69 Å². The Hall–Kier alpha value is -2.23. The molecule has 0 atom stereocenters. The number of rotatable bonds is 5. The first-order valence-electron chi connectivity index (χ1n) is 7.91. The molecule has 1 aliphatic heterocycles. The Morgan fingerprint density at radius 3 is 2.42 bits per heavy atom. The van der Waals surface area contributed by atoms with Crippen molar-refractivity contribution in [3.05, 3.63) is 59.7 Å². The summed E-state index contributed by atoms with van der Waals surface area (Å²) in [5.41, 5.74) is 1.29. The topological polar surface area (TPSA) is 101 Å². The molecule has 0 bridgehead atoms. The summed E-state index contributed by atoms with van der Waals surface area (Å²) in [6.07, 6.45) is -0.107. The van der Waals surface area contributed by atoms with Crippen LogP contribution in [0.1, 0.15) is 17.5 Å². The van der Waals surface area contributed by atoms with Gasteiger partial charge in [-0.15, -0.1) is 0 Å². The van der Waals surface area contributed by atoms with Crippen molar-refractivity contribution in [2.45, 2.75) is 24.8 Å². The Morgan fingerprint density at radius 1 is 1.12 bits per heavy atom. The van der Waals surface area contributed by atoms with Gasteiger partial charge in [0.05, 0.1) is 16.3 Å². The van der Waals surface area contributed by atoms with E-state index in [0.29, 0.717) is 9.87 Å². The Labute approximate surface area is 152 Å². The number of carbonyl (C=O) groups excluding carboxylic acids is 1. The molecule has 1 saturated heterocycles. The van der Waals surface area contributed by atoms with Crippen molar-refractivity contribution in [1.82, 2.24) is 4.72 Å². The molecule has 7 nitrogen and oxygen atoms in total. The molecule has 0 spiro atoms. The van der Waals surface area contributed by atoms with E-state index in [1.165, 1.54) is 18.2 Å². The van der Waals surface area contributed by atoms with Crippen LogP contribution >= 0.6 is 0 Å². The average molecular weight is 394 g/mol. The fraction of sp³-hybridized carbons (Fsp3) is 0.235. The molecule has 1 aliphatic rings. The fourth-order valence-corrected chi connectivity index (χ4v) is 5.46. The second kappa shape index (κ2) is 6.82. The van der Waals surface area contributed by atoms with Gasteiger partial charge in [0, 0.05) is 13.0 Å².